The molecule has 0 fully saturated rings. The zero-order chi connectivity index (χ0) is 15.0. The Morgan fingerprint density at radius 2 is 1.57 bits per heavy atom. The quantitative estimate of drug-likeness (QED) is 0.702. The third kappa shape index (κ3) is 2.52. The van der Waals surface area contributed by atoms with Gasteiger partial charge in [0.05, 0.1) is 5.69 Å². The molecule has 0 aliphatic carbocycles. The molecule has 0 spiro atoms. The Morgan fingerprint density at radius 1 is 0.762 bits per heavy atom. The summed E-state index contributed by atoms with van der Waals surface area (Å²) in [6, 6.07) is 6.10. The van der Waals surface area contributed by atoms with Crippen LogP contribution in [0, 0.1) is 23.3 Å². The van der Waals surface area contributed by atoms with Crippen LogP contribution in [-0.4, -0.2) is 4.98 Å². The fourth-order valence-corrected chi connectivity index (χ4v) is 2.03. The van der Waals surface area contributed by atoms with Crippen LogP contribution in [-0.2, 0) is 0 Å². The van der Waals surface area contributed by atoms with Crippen LogP contribution >= 0.6 is 0 Å². The molecule has 21 heavy (non-hydrogen) atoms. The van der Waals surface area contributed by atoms with Gasteiger partial charge in [-0.15, -0.1) is 0 Å². The molecular weight excluding hydrogens is 284 g/mol. The number of benzene rings is 2. The number of nitrogens with one attached hydrogen (secondary N) is 1. The number of anilines is 2. The van der Waals surface area contributed by atoms with Crippen LogP contribution in [0.15, 0.2) is 42.6 Å². The summed E-state index contributed by atoms with van der Waals surface area (Å²) in [4.78, 5) is 3.81. The number of nitrogens with zero attached hydrogens (tertiary/aromatic N) is 1. The van der Waals surface area contributed by atoms with Gasteiger partial charge in [-0.2, -0.15) is 0 Å². The lowest BCUT2D eigenvalue weighted by Gasteiger charge is -2.11. The summed E-state index contributed by atoms with van der Waals surface area (Å²) >= 11 is 0. The molecule has 0 unspecified atom stereocenters. The molecule has 0 saturated carbocycles. The monoisotopic (exact) mass is 292 g/mol. The standard InChI is InChI=1S/C15H8F4N2/c16-8-1-2-11(18)14(7-8)21-13-3-4-20-15-10(13)5-9(17)6-12(15)19/h1-7H,(H,20,21). The first-order valence-electron chi connectivity index (χ1n) is 6.00. The minimum absolute atomic E-state index is 0.0572. The van der Waals surface area contributed by atoms with Gasteiger partial charge in [-0.1, -0.05) is 0 Å². The Balaban J connectivity index is 2.15. The van der Waals surface area contributed by atoms with Crippen molar-refractivity contribution in [3.8, 4) is 0 Å². The summed E-state index contributed by atoms with van der Waals surface area (Å²) in [5.41, 5.74) is 0.0354. The van der Waals surface area contributed by atoms with Gasteiger partial charge in [0.25, 0.3) is 0 Å². The Labute approximate surface area is 117 Å². The van der Waals surface area contributed by atoms with Gasteiger partial charge in [0.15, 0.2) is 5.82 Å². The van der Waals surface area contributed by atoms with Crippen LogP contribution in [0.1, 0.15) is 0 Å². The van der Waals surface area contributed by atoms with E-state index >= 15 is 0 Å². The fraction of sp³-hybridized carbons (Fsp3) is 0. The van der Waals surface area contributed by atoms with Gasteiger partial charge in [0.2, 0.25) is 0 Å². The lowest BCUT2D eigenvalue weighted by atomic mass is 10.1. The van der Waals surface area contributed by atoms with Crippen molar-refractivity contribution in [3.05, 3.63) is 65.9 Å². The highest BCUT2D eigenvalue weighted by Gasteiger charge is 2.11. The number of rotatable bonds is 2. The van der Waals surface area contributed by atoms with Gasteiger partial charge in [0.1, 0.15) is 23.0 Å². The first-order valence-corrected chi connectivity index (χ1v) is 6.00. The average molecular weight is 292 g/mol. The highest BCUT2D eigenvalue weighted by Crippen LogP contribution is 2.28. The Bertz CT molecular complexity index is 833. The van der Waals surface area contributed by atoms with Crippen molar-refractivity contribution in [1.82, 2.24) is 4.98 Å². The van der Waals surface area contributed by atoms with Gasteiger partial charge in [-0.3, -0.25) is 4.98 Å². The molecule has 6 heteroatoms. The number of fused-ring (bicyclic) bond motifs is 1. The van der Waals surface area contributed by atoms with E-state index in [9.17, 15) is 17.6 Å². The second kappa shape index (κ2) is 5.05. The third-order valence-corrected chi connectivity index (χ3v) is 2.96. The van der Waals surface area contributed by atoms with E-state index in [2.05, 4.69) is 10.3 Å². The van der Waals surface area contributed by atoms with E-state index in [1.807, 2.05) is 0 Å². The Hall–Kier alpha value is -2.63. The molecule has 1 aromatic heterocycles. The zero-order valence-corrected chi connectivity index (χ0v) is 10.5. The summed E-state index contributed by atoms with van der Waals surface area (Å²) in [6.45, 7) is 0. The lowest BCUT2D eigenvalue weighted by Crippen LogP contribution is -1.97. The van der Waals surface area contributed by atoms with Crippen molar-refractivity contribution < 1.29 is 17.6 Å². The molecule has 106 valence electrons. The molecular formula is C15H8F4N2. The number of hydrogen-bond acceptors (Lipinski definition) is 2. The summed E-state index contributed by atoms with van der Waals surface area (Å²) < 4.78 is 53.7. The summed E-state index contributed by atoms with van der Waals surface area (Å²) in [5, 5.41) is 2.76. The van der Waals surface area contributed by atoms with Crippen LogP contribution in [0.25, 0.3) is 10.9 Å². The predicted octanol–water partition coefficient (Wildman–Crippen LogP) is 4.53. The molecule has 0 atom stereocenters. The van der Waals surface area contributed by atoms with Crippen LogP contribution in [0.3, 0.4) is 0 Å². The van der Waals surface area contributed by atoms with Gasteiger partial charge < -0.3 is 5.32 Å². The van der Waals surface area contributed by atoms with Crippen molar-refractivity contribution in [2.45, 2.75) is 0 Å². The SMILES string of the molecule is Fc1ccc(F)c(Nc2ccnc3c(F)cc(F)cc23)c1. The molecule has 0 amide bonds. The van der Waals surface area contributed by atoms with Crippen molar-refractivity contribution in [2.75, 3.05) is 5.32 Å². The first kappa shape index (κ1) is 13.4. The minimum atomic E-state index is -0.826. The number of hydrogen-bond donors (Lipinski definition) is 1. The third-order valence-electron chi connectivity index (χ3n) is 2.96. The zero-order valence-electron chi connectivity index (χ0n) is 10.5. The van der Waals surface area contributed by atoms with E-state index < -0.39 is 23.3 Å². The van der Waals surface area contributed by atoms with Crippen LogP contribution in [0.5, 0.6) is 0 Å². The number of aromatic nitrogens is 1. The maximum atomic E-state index is 13.6. The smallest absolute Gasteiger partial charge is 0.152 e. The molecule has 0 bridgehead atoms. The van der Waals surface area contributed by atoms with Gasteiger partial charge in [-0.05, 0) is 24.3 Å². The van der Waals surface area contributed by atoms with Crippen LogP contribution < -0.4 is 5.32 Å². The van der Waals surface area contributed by atoms with Gasteiger partial charge in [0, 0.05) is 29.4 Å². The number of pyridine rings is 1. The molecule has 3 aromatic rings. The molecule has 0 aliphatic rings. The maximum Gasteiger partial charge on any atom is 0.152 e. The molecule has 2 aromatic carbocycles. The molecule has 0 aliphatic heterocycles. The Morgan fingerprint density at radius 3 is 2.38 bits per heavy atom. The molecule has 0 radical (unpaired) electrons. The summed E-state index contributed by atoms with van der Waals surface area (Å²) in [7, 11) is 0. The largest absolute Gasteiger partial charge is 0.352 e. The van der Waals surface area contributed by atoms with E-state index in [4.69, 9.17) is 0 Å². The second-order valence-corrected chi connectivity index (χ2v) is 4.39. The van der Waals surface area contributed by atoms with E-state index in [-0.39, 0.29) is 22.3 Å². The van der Waals surface area contributed by atoms with E-state index in [1.54, 1.807) is 0 Å². The highest BCUT2D eigenvalue weighted by molar-refractivity contribution is 5.93. The van der Waals surface area contributed by atoms with Crippen LogP contribution in [0.4, 0.5) is 28.9 Å². The predicted molar refractivity (Wildman–Crippen MR) is 71.3 cm³/mol. The number of halogens is 4. The maximum absolute atomic E-state index is 13.6. The molecule has 2 nitrogen and oxygen atoms in total. The van der Waals surface area contributed by atoms with Crippen LogP contribution in [0.2, 0.25) is 0 Å². The normalized spacial score (nSPS) is 10.9. The summed E-state index contributed by atoms with van der Waals surface area (Å²) in [5.74, 6) is -2.92. The van der Waals surface area contributed by atoms with Gasteiger partial charge in [-0.25, -0.2) is 17.6 Å². The van der Waals surface area contributed by atoms with Crippen molar-refractivity contribution in [1.29, 1.82) is 0 Å². The van der Waals surface area contributed by atoms with E-state index in [1.165, 1.54) is 12.3 Å². The highest BCUT2D eigenvalue weighted by atomic mass is 19.1. The summed E-state index contributed by atoms with van der Waals surface area (Å²) in [6.07, 6.45) is 1.29. The van der Waals surface area contributed by atoms with Crippen molar-refractivity contribution in [3.63, 3.8) is 0 Å². The van der Waals surface area contributed by atoms with E-state index in [0.29, 0.717) is 6.07 Å². The first-order chi connectivity index (χ1) is 10.0. The van der Waals surface area contributed by atoms with E-state index in [0.717, 1.165) is 24.3 Å². The van der Waals surface area contributed by atoms with Gasteiger partial charge >= 0.3 is 0 Å². The molecule has 3 rings (SSSR count). The van der Waals surface area contributed by atoms with Crippen molar-refractivity contribution in [2.24, 2.45) is 0 Å². The lowest BCUT2D eigenvalue weighted by molar-refractivity contribution is 0.590. The molecule has 1 N–H and O–H groups in total. The van der Waals surface area contributed by atoms with Crippen molar-refractivity contribution >= 4 is 22.3 Å². The molecule has 1 heterocycles. The minimum Gasteiger partial charge on any atom is -0.352 e. The average Bonchev–Trinajstić information content (AvgIpc) is 2.43. The fourth-order valence-electron chi connectivity index (χ4n) is 2.03. The second-order valence-electron chi connectivity index (χ2n) is 4.39. The Kier molecular flexibility index (Phi) is 3.21. The topological polar surface area (TPSA) is 24.9 Å². The molecule has 0 saturated heterocycles.